The molecule has 21 heavy (non-hydrogen) atoms. The summed E-state index contributed by atoms with van der Waals surface area (Å²) >= 11 is 0. The number of ether oxygens (including phenoxy) is 1. The van der Waals surface area contributed by atoms with E-state index < -0.39 is 11.9 Å². The van der Waals surface area contributed by atoms with Crippen LogP contribution in [0.25, 0.3) is 0 Å². The molecule has 2 rings (SSSR count). The van der Waals surface area contributed by atoms with Gasteiger partial charge in [0.1, 0.15) is 11.9 Å². The summed E-state index contributed by atoms with van der Waals surface area (Å²) in [5, 5.41) is 9.63. The van der Waals surface area contributed by atoms with Crippen molar-refractivity contribution in [3.05, 3.63) is 59.9 Å². The second-order valence-corrected chi connectivity index (χ2v) is 5.02. The molecule has 0 spiro atoms. The van der Waals surface area contributed by atoms with Crippen LogP contribution in [-0.2, 0) is 0 Å². The SMILES string of the molecule is CC(C)C(O)C#Cc1ccc(Oc2ccccc2F)cc1. The van der Waals surface area contributed by atoms with Gasteiger partial charge >= 0.3 is 0 Å². The van der Waals surface area contributed by atoms with E-state index >= 15 is 0 Å². The molecule has 0 radical (unpaired) electrons. The zero-order valence-corrected chi connectivity index (χ0v) is 12.0. The highest BCUT2D eigenvalue weighted by atomic mass is 19.1. The van der Waals surface area contributed by atoms with Gasteiger partial charge in [-0.25, -0.2) is 4.39 Å². The van der Waals surface area contributed by atoms with Gasteiger partial charge in [-0.1, -0.05) is 37.8 Å². The van der Waals surface area contributed by atoms with Gasteiger partial charge in [-0.3, -0.25) is 0 Å². The molecule has 2 nitrogen and oxygen atoms in total. The van der Waals surface area contributed by atoms with Gasteiger partial charge in [0.05, 0.1) is 0 Å². The minimum absolute atomic E-state index is 0.0983. The van der Waals surface area contributed by atoms with E-state index in [1.807, 2.05) is 13.8 Å². The number of hydrogen-bond acceptors (Lipinski definition) is 2. The van der Waals surface area contributed by atoms with Crippen LogP contribution in [0.3, 0.4) is 0 Å². The normalized spacial score (nSPS) is 11.7. The van der Waals surface area contributed by atoms with Gasteiger partial charge in [0.25, 0.3) is 0 Å². The van der Waals surface area contributed by atoms with E-state index in [0.717, 1.165) is 5.56 Å². The van der Waals surface area contributed by atoms with Crippen molar-refractivity contribution in [1.29, 1.82) is 0 Å². The van der Waals surface area contributed by atoms with Gasteiger partial charge in [0.2, 0.25) is 0 Å². The molecular weight excluding hydrogens is 267 g/mol. The third kappa shape index (κ3) is 4.34. The van der Waals surface area contributed by atoms with Crippen LogP contribution in [0.5, 0.6) is 11.5 Å². The van der Waals surface area contributed by atoms with Crippen LogP contribution in [0.15, 0.2) is 48.5 Å². The number of hydrogen-bond donors (Lipinski definition) is 1. The average Bonchev–Trinajstić information content (AvgIpc) is 2.48. The Morgan fingerprint density at radius 3 is 2.33 bits per heavy atom. The van der Waals surface area contributed by atoms with Crippen LogP contribution < -0.4 is 4.74 Å². The van der Waals surface area contributed by atoms with Crippen molar-refractivity contribution in [1.82, 2.24) is 0 Å². The molecule has 1 N–H and O–H groups in total. The minimum atomic E-state index is -0.639. The monoisotopic (exact) mass is 284 g/mol. The van der Waals surface area contributed by atoms with Crippen molar-refractivity contribution in [2.75, 3.05) is 0 Å². The second-order valence-electron chi connectivity index (χ2n) is 5.02. The van der Waals surface area contributed by atoms with Crippen LogP contribution in [0.4, 0.5) is 4.39 Å². The molecule has 2 aromatic rings. The molecule has 0 bridgehead atoms. The summed E-state index contributed by atoms with van der Waals surface area (Å²) in [4.78, 5) is 0. The number of halogens is 1. The van der Waals surface area contributed by atoms with E-state index in [2.05, 4.69) is 11.8 Å². The molecule has 0 aliphatic heterocycles. The molecule has 0 saturated carbocycles. The first-order valence-corrected chi connectivity index (χ1v) is 6.78. The number of benzene rings is 2. The molecule has 0 amide bonds. The van der Waals surface area contributed by atoms with E-state index in [1.165, 1.54) is 6.07 Å². The Labute approximate surface area is 124 Å². The highest BCUT2D eigenvalue weighted by molar-refractivity contribution is 5.40. The molecule has 0 saturated heterocycles. The number of para-hydroxylation sites is 1. The van der Waals surface area contributed by atoms with Gasteiger partial charge in [0.15, 0.2) is 11.6 Å². The van der Waals surface area contributed by atoms with Crippen molar-refractivity contribution in [3.63, 3.8) is 0 Å². The van der Waals surface area contributed by atoms with Gasteiger partial charge < -0.3 is 9.84 Å². The summed E-state index contributed by atoms with van der Waals surface area (Å²) in [6, 6.07) is 13.2. The maximum atomic E-state index is 13.5. The molecule has 0 heterocycles. The molecule has 2 aromatic carbocycles. The first-order chi connectivity index (χ1) is 10.1. The predicted molar refractivity (Wildman–Crippen MR) is 80.6 cm³/mol. The van der Waals surface area contributed by atoms with Gasteiger partial charge in [-0.15, -0.1) is 0 Å². The first kappa shape index (κ1) is 15.1. The lowest BCUT2D eigenvalue weighted by atomic mass is 10.1. The Bertz CT molecular complexity index is 651. The Kier molecular flexibility index (Phi) is 4.97. The maximum Gasteiger partial charge on any atom is 0.165 e. The van der Waals surface area contributed by atoms with E-state index in [1.54, 1.807) is 42.5 Å². The lowest BCUT2D eigenvalue weighted by Gasteiger charge is -2.07. The fraction of sp³-hybridized carbons (Fsp3) is 0.222. The molecule has 0 fully saturated rings. The van der Waals surface area contributed by atoms with E-state index in [4.69, 9.17) is 4.74 Å². The van der Waals surface area contributed by atoms with Crippen molar-refractivity contribution in [2.45, 2.75) is 20.0 Å². The fourth-order valence-electron chi connectivity index (χ4n) is 1.58. The Morgan fingerprint density at radius 2 is 1.71 bits per heavy atom. The van der Waals surface area contributed by atoms with Crippen LogP contribution in [0.2, 0.25) is 0 Å². The third-order valence-corrected chi connectivity index (χ3v) is 2.91. The summed E-state index contributed by atoms with van der Waals surface area (Å²) in [5.41, 5.74) is 0.774. The summed E-state index contributed by atoms with van der Waals surface area (Å²) in [6.07, 6.45) is -0.639. The van der Waals surface area contributed by atoms with Crippen LogP contribution in [0, 0.1) is 23.6 Å². The standard InChI is InChI=1S/C18H17FO2/c1-13(2)17(20)12-9-14-7-10-15(11-8-14)21-18-6-4-3-5-16(18)19/h3-8,10-11,13,17,20H,1-2H3. The van der Waals surface area contributed by atoms with Crippen molar-refractivity contribution < 1.29 is 14.2 Å². The largest absolute Gasteiger partial charge is 0.454 e. The highest BCUT2D eigenvalue weighted by Crippen LogP contribution is 2.24. The van der Waals surface area contributed by atoms with Crippen LogP contribution in [0.1, 0.15) is 19.4 Å². The minimum Gasteiger partial charge on any atom is -0.454 e. The van der Waals surface area contributed by atoms with Gasteiger partial charge in [0, 0.05) is 5.56 Å². The fourth-order valence-corrected chi connectivity index (χ4v) is 1.58. The van der Waals surface area contributed by atoms with E-state index in [-0.39, 0.29) is 11.7 Å². The Hall–Kier alpha value is -2.31. The molecule has 0 aliphatic rings. The van der Waals surface area contributed by atoms with Crippen molar-refractivity contribution in [2.24, 2.45) is 5.92 Å². The summed E-state index contributed by atoms with van der Waals surface area (Å²) in [5.74, 6) is 6.10. The highest BCUT2D eigenvalue weighted by Gasteiger charge is 2.04. The number of rotatable bonds is 3. The van der Waals surface area contributed by atoms with Gasteiger partial charge in [-0.05, 0) is 42.3 Å². The number of aliphatic hydroxyl groups excluding tert-OH is 1. The lowest BCUT2D eigenvalue weighted by Crippen LogP contribution is -2.11. The molecular formula is C18H17FO2. The first-order valence-electron chi connectivity index (χ1n) is 6.78. The number of aliphatic hydroxyl groups is 1. The lowest BCUT2D eigenvalue weighted by molar-refractivity contribution is 0.181. The summed E-state index contributed by atoms with van der Waals surface area (Å²) in [7, 11) is 0. The molecule has 1 unspecified atom stereocenters. The maximum absolute atomic E-state index is 13.5. The van der Waals surface area contributed by atoms with Crippen LogP contribution in [-0.4, -0.2) is 11.2 Å². The smallest absolute Gasteiger partial charge is 0.165 e. The molecule has 1 atom stereocenters. The van der Waals surface area contributed by atoms with Crippen molar-refractivity contribution >= 4 is 0 Å². The third-order valence-electron chi connectivity index (χ3n) is 2.91. The van der Waals surface area contributed by atoms with Crippen molar-refractivity contribution in [3.8, 4) is 23.3 Å². The predicted octanol–water partition coefficient (Wildman–Crippen LogP) is 3.99. The van der Waals surface area contributed by atoms with Gasteiger partial charge in [-0.2, -0.15) is 0 Å². The van der Waals surface area contributed by atoms with E-state index in [9.17, 15) is 9.50 Å². The molecule has 108 valence electrons. The quantitative estimate of drug-likeness (QED) is 0.864. The van der Waals surface area contributed by atoms with Crippen LogP contribution >= 0.6 is 0 Å². The summed E-state index contributed by atoms with van der Waals surface area (Å²) in [6.45, 7) is 3.81. The zero-order valence-electron chi connectivity index (χ0n) is 12.0. The summed E-state index contributed by atoms with van der Waals surface area (Å²) < 4.78 is 18.9. The topological polar surface area (TPSA) is 29.5 Å². The second kappa shape index (κ2) is 6.92. The molecule has 3 heteroatoms. The average molecular weight is 284 g/mol. The molecule has 0 aliphatic carbocycles. The Balaban J connectivity index is 2.08. The molecule has 0 aromatic heterocycles. The van der Waals surface area contributed by atoms with E-state index in [0.29, 0.717) is 5.75 Å². The zero-order chi connectivity index (χ0) is 15.2. The Morgan fingerprint density at radius 1 is 1.05 bits per heavy atom.